The third-order valence-corrected chi connectivity index (χ3v) is 3.48. The Morgan fingerprint density at radius 1 is 1.38 bits per heavy atom. The summed E-state index contributed by atoms with van der Waals surface area (Å²) in [7, 11) is 1.60. The van der Waals surface area contributed by atoms with Gasteiger partial charge < -0.3 is 14.4 Å². The number of piperidine rings is 1. The molecule has 1 aliphatic heterocycles. The molecule has 5 heteroatoms. The molecule has 0 bridgehead atoms. The number of carbonyl (C=O) groups is 1. The summed E-state index contributed by atoms with van der Waals surface area (Å²) in [5, 5.41) is 0. The lowest BCUT2D eigenvalue weighted by molar-refractivity contribution is 0.00923. The first kappa shape index (κ1) is 15.6. The number of pyridine rings is 1. The van der Waals surface area contributed by atoms with Gasteiger partial charge in [-0.1, -0.05) is 6.07 Å². The fraction of sp³-hybridized carbons (Fsp3) is 0.625. The summed E-state index contributed by atoms with van der Waals surface area (Å²) < 4.78 is 10.9. The Morgan fingerprint density at radius 2 is 2.14 bits per heavy atom. The number of methoxy groups -OCH3 is 1. The van der Waals surface area contributed by atoms with E-state index in [1.165, 1.54) is 0 Å². The van der Waals surface area contributed by atoms with Crippen LogP contribution in [0.15, 0.2) is 18.3 Å². The number of nitrogens with zero attached hydrogens (tertiary/aromatic N) is 2. The molecular formula is C16H24N2O3. The minimum atomic E-state index is -0.488. The average molecular weight is 292 g/mol. The molecule has 0 aromatic carbocycles. The van der Waals surface area contributed by atoms with Crippen LogP contribution in [0.1, 0.15) is 51.6 Å². The number of ether oxygens (including phenoxy) is 2. The predicted octanol–water partition coefficient (Wildman–Crippen LogP) is 3.55. The van der Waals surface area contributed by atoms with Crippen molar-refractivity contribution in [2.24, 2.45) is 0 Å². The van der Waals surface area contributed by atoms with E-state index >= 15 is 0 Å². The smallest absolute Gasteiger partial charge is 0.410 e. The van der Waals surface area contributed by atoms with Crippen LogP contribution in [0.4, 0.5) is 4.79 Å². The second kappa shape index (κ2) is 6.33. The van der Waals surface area contributed by atoms with Gasteiger partial charge in [-0.15, -0.1) is 0 Å². The Balaban J connectivity index is 2.25. The summed E-state index contributed by atoms with van der Waals surface area (Å²) in [5.74, 6) is 0.581. The maximum atomic E-state index is 12.4. The van der Waals surface area contributed by atoms with Crippen LogP contribution >= 0.6 is 0 Å². The van der Waals surface area contributed by atoms with Gasteiger partial charge in [0.15, 0.2) is 0 Å². The highest BCUT2D eigenvalue weighted by molar-refractivity contribution is 5.69. The summed E-state index contributed by atoms with van der Waals surface area (Å²) >= 11 is 0. The van der Waals surface area contributed by atoms with Gasteiger partial charge in [-0.3, -0.25) is 0 Å². The molecule has 1 saturated heterocycles. The van der Waals surface area contributed by atoms with Gasteiger partial charge in [0.1, 0.15) is 5.60 Å². The van der Waals surface area contributed by atoms with Gasteiger partial charge >= 0.3 is 6.09 Å². The third kappa shape index (κ3) is 3.86. The van der Waals surface area contributed by atoms with Crippen molar-refractivity contribution in [3.05, 3.63) is 23.9 Å². The van der Waals surface area contributed by atoms with E-state index in [0.29, 0.717) is 12.4 Å². The van der Waals surface area contributed by atoms with Crippen LogP contribution in [0.3, 0.4) is 0 Å². The highest BCUT2D eigenvalue weighted by Gasteiger charge is 2.33. The molecule has 2 rings (SSSR count). The van der Waals surface area contributed by atoms with Gasteiger partial charge in [0.25, 0.3) is 0 Å². The van der Waals surface area contributed by atoms with E-state index in [1.54, 1.807) is 18.2 Å². The molecule has 1 aliphatic rings. The first-order chi connectivity index (χ1) is 9.92. The number of hydrogen-bond acceptors (Lipinski definition) is 4. The zero-order valence-electron chi connectivity index (χ0n) is 13.3. The Hall–Kier alpha value is -1.78. The van der Waals surface area contributed by atoms with Crippen LogP contribution in [-0.2, 0) is 4.74 Å². The van der Waals surface area contributed by atoms with E-state index in [0.717, 1.165) is 24.8 Å². The van der Waals surface area contributed by atoms with Gasteiger partial charge in [0, 0.05) is 18.3 Å². The van der Waals surface area contributed by atoms with Gasteiger partial charge in [-0.2, -0.15) is 0 Å². The van der Waals surface area contributed by atoms with Crippen LogP contribution in [0.25, 0.3) is 0 Å². The third-order valence-electron chi connectivity index (χ3n) is 3.48. The number of rotatable bonds is 2. The van der Waals surface area contributed by atoms with Crippen molar-refractivity contribution in [1.82, 2.24) is 9.88 Å². The average Bonchev–Trinajstić information content (AvgIpc) is 2.45. The van der Waals surface area contributed by atoms with Crippen molar-refractivity contribution in [1.29, 1.82) is 0 Å². The summed E-state index contributed by atoms with van der Waals surface area (Å²) in [6.07, 6.45) is 4.42. The lowest BCUT2D eigenvalue weighted by atomic mass is 9.96. The Bertz CT molecular complexity index is 497. The maximum absolute atomic E-state index is 12.4. The molecule has 1 aromatic heterocycles. The molecule has 0 radical (unpaired) electrons. The number of likely N-dealkylation sites (tertiary alicyclic amines) is 1. The number of carbonyl (C=O) groups excluding carboxylic acids is 1. The SMILES string of the molecule is COc1ncccc1C1CCCCN1C(=O)OC(C)(C)C. The molecular weight excluding hydrogens is 268 g/mol. The zero-order valence-corrected chi connectivity index (χ0v) is 13.3. The molecule has 1 atom stereocenters. The van der Waals surface area contributed by atoms with Crippen molar-refractivity contribution in [3.63, 3.8) is 0 Å². The van der Waals surface area contributed by atoms with E-state index in [-0.39, 0.29) is 12.1 Å². The fourth-order valence-corrected chi connectivity index (χ4v) is 2.62. The topological polar surface area (TPSA) is 51.7 Å². The zero-order chi connectivity index (χ0) is 15.5. The number of aromatic nitrogens is 1. The number of hydrogen-bond donors (Lipinski definition) is 0. The Morgan fingerprint density at radius 3 is 2.81 bits per heavy atom. The normalized spacial score (nSPS) is 19.2. The van der Waals surface area contributed by atoms with Crippen molar-refractivity contribution >= 4 is 6.09 Å². The van der Waals surface area contributed by atoms with Crippen LogP contribution in [0.5, 0.6) is 5.88 Å². The highest BCUT2D eigenvalue weighted by Crippen LogP contribution is 2.35. The maximum Gasteiger partial charge on any atom is 0.410 e. The summed E-state index contributed by atoms with van der Waals surface area (Å²) in [6, 6.07) is 3.82. The van der Waals surface area contributed by atoms with E-state index in [9.17, 15) is 4.79 Å². The minimum Gasteiger partial charge on any atom is -0.481 e. The van der Waals surface area contributed by atoms with E-state index in [1.807, 2.05) is 32.9 Å². The summed E-state index contributed by atoms with van der Waals surface area (Å²) in [5.41, 5.74) is 0.462. The summed E-state index contributed by atoms with van der Waals surface area (Å²) in [6.45, 7) is 6.36. The number of amides is 1. The Labute approximate surface area is 126 Å². The lowest BCUT2D eigenvalue weighted by Gasteiger charge is -2.37. The van der Waals surface area contributed by atoms with Gasteiger partial charge in [0.05, 0.1) is 13.2 Å². The van der Waals surface area contributed by atoms with Crippen LogP contribution in [0, 0.1) is 0 Å². The van der Waals surface area contributed by atoms with Crippen LogP contribution in [0.2, 0.25) is 0 Å². The molecule has 21 heavy (non-hydrogen) atoms. The second-order valence-electron chi connectivity index (χ2n) is 6.29. The van der Waals surface area contributed by atoms with Crippen molar-refractivity contribution < 1.29 is 14.3 Å². The second-order valence-corrected chi connectivity index (χ2v) is 6.29. The first-order valence-electron chi connectivity index (χ1n) is 7.41. The van der Waals surface area contributed by atoms with E-state index in [4.69, 9.17) is 9.47 Å². The van der Waals surface area contributed by atoms with Crippen LogP contribution in [-0.4, -0.2) is 35.2 Å². The van der Waals surface area contributed by atoms with Gasteiger partial charge in [-0.05, 0) is 46.1 Å². The minimum absolute atomic E-state index is 0.0303. The summed E-state index contributed by atoms with van der Waals surface area (Å²) in [4.78, 5) is 18.5. The van der Waals surface area contributed by atoms with Crippen molar-refractivity contribution in [2.45, 2.75) is 51.7 Å². The van der Waals surface area contributed by atoms with Gasteiger partial charge in [-0.25, -0.2) is 9.78 Å². The van der Waals surface area contributed by atoms with Crippen molar-refractivity contribution in [3.8, 4) is 5.88 Å². The van der Waals surface area contributed by atoms with E-state index < -0.39 is 5.60 Å². The molecule has 0 saturated carbocycles. The van der Waals surface area contributed by atoms with Crippen molar-refractivity contribution in [2.75, 3.05) is 13.7 Å². The molecule has 2 heterocycles. The highest BCUT2D eigenvalue weighted by atomic mass is 16.6. The van der Waals surface area contributed by atoms with Gasteiger partial charge in [0.2, 0.25) is 5.88 Å². The molecule has 1 fully saturated rings. The predicted molar refractivity (Wildman–Crippen MR) is 80.3 cm³/mol. The molecule has 1 aromatic rings. The molecule has 5 nitrogen and oxygen atoms in total. The standard InChI is InChI=1S/C16H24N2O3/c1-16(2,3)21-15(19)18-11-6-5-9-13(18)12-8-7-10-17-14(12)20-4/h7-8,10,13H,5-6,9,11H2,1-4H3. The molecule has 1 amide bonds. The lowest BCUT2D eigenvalue weighted by Crippen LogP contribution is -2.42. The molecule has 1 unspecified atom stereocenters. The quantitative estimate of drug-likeness (QED) is 0.836. The fourth-order valence-electron chi connectivity index (χ4n) is 2.62. The molecule has 0 N–H and O–H groups in total. The van der Waals surface area contributed by atoms with E-state index in [2.05, 4.69) is 4.98 Å². The van der Waals surface area contributed by atoms with Crippen LogP contribution < -0.4 is 4.74 Å². The molecule has 0 spiro atoms. The monoisotopic (exact) mass is 292 g/mol. The molecule has 0 aliphatic carbocycles. The largest absolute Gasteiger partial charge is 0.481 e. The molecule has 116 valence electrons. The first-order valence-corrected chi connectivity index (χ1v) is 7.41. The Kier molecular flexibility index (Phi) is 4.70.